The zero-order valence-corrected chi connectivity index (χ0v) is 25.0. The number of rotatable bonds is 4. The summed E-state index contributed by atoms with van der Waals surface area (Å²) in [5.41, 5.74) is 3.28. The smallest absolute Gasteiger partial charge is 0.336 e. The molecule has 6 rings (SSSR count). The monoisotopic (exact) mass is 590 g/mol. The van der Waals surface area contributed by atoms with Crippen LogP contribution in [0.2, 0.25) is 0 Å². The number of pyridine rings is 2. The van der Waals surface area contributed by atoms with E-state index < -0.39 is 5.97 Å². The molecule has 0 radical (unpaired) electrons. The topological polar surface area (TPSA) is 95.4 Å². The van der Waals surface area contributed by atoms with Crippen molar-refractivity contribution < 1.29 is 14.7 Å². The number of aromatic carboxylic acids is 1. The van der Waals surface area contributed by atoms with Crippen molar-refractivity contribution in [3.8, 4) is 20.9 Å². The average molecular weight is 591 g/mol. The molecule has 1 amide bonds. The number of nitrogens with one attached hydrogen (secondary N) is 1. The number of carbonyl (C=O) groups is 2. The maximum absolute atomic E-state index is 12.5. The molecular formula is C32H38N4O3S2. The van der Waals surface area contributed by atoms with E-state index in [0.29, 0.717) is 5.56 Å². The van der Waals surface area contributed by atoms with Gasteiger partial charge in [0, 0.05) is 58.4 Å². The fraction of sp³-hybridized carbons (Fsp3) is 0.375. The molecule has 0 unspecified atom stereocenters. The zero-order valence-electron chi connectivity index (χ0n) is 23.3. The molecule has 0 spiro atoms. The van der Waals surface area contributed by atoms with Gasteiger partial charge in [-0.25, -0.2) is 4.79 Å². The van der Waals surface area contributed by atoms with Crippen LogP contribution in [0.15, 0.2) is 71.9 Å². The molecule has 216 valence electrons. The minimum Gasteiger partial charge on any atom is -0.478 e. The predicted molar refractivity (Wildman–Crippen MR) is 168 cm³/mol. The van der Waals surface area contributed by atoms with Crippen LogP contribution in [-0.2, 0) is 0 Å². The Hall–Kier alpha value is -3.40. The second kappa shape index (κ2) is 16.8. The van der Waals surface area contributed by atoms with Crippen molar-refractivity contribution in [3.63, 3.8) is 0 Å². The Morgan fingerprint density at radius 3 is 1.63 bits per heavy atom. The lowest BCUT2D eigenvalue weighted by molar-refractivity contribution is 0.0696. The summed E-state index contributed by atoms with van der Waals surface area (Å²) in [6, 6.07) is 11.3. The molecule has 0 bridgehead atoms. The van der Waals surface area contributed by atoms with Crippen molar-refractivity contribution in [3.05, 3.63) is 83.1 Å². The highest BCUT2D eigenvalue weighted by Crippen LogP contribution is 2.28. The van der Waals surface area contributed by atoms with E-state index in [9.17, 15) is 9.59 Å². The summed E-state index contributed by atoms with van der Waals surface area (Å²) in [6.07, 6.45) is 17.4. The van der Waals surface area contributed by atoms with Gasteiger partial charge in [0.1, 0.15) is 0 Å². The van der Waals surface area contributed by atoms with Crippen molar-refractivity contribution in [2.24, 2.45) is 0 Å². The van der Waals surface area contributed by atoms with Crippen LogP contribution in [0.4, 0.5) is 0 Å². The second-order valence-corrected chi connectivity index (χ2v) is 11.9. The predicted octanol–water partition coefficient (Wildman–Crippen LogP) is 7.48. The van der Waals surface area contributed by atoms with E-state index in [1.807, 2.05) is 40.6 Å². The summed E-state index contributed by atoms with van der Waals surface area (Å²) < 4.78 is 0. The molecule has 2 fully saturated rings. The van der Waals surface area contributed by atoms with Crippen molar-refractivity contribution in [2.45, 2.75) is 51.4 Å². The van der Waals surface area contributed by atoms with E-state index >= 15 is 0 Å². The van der Waals surface area contributed by atoms with Crippen molar-refractivity contribution in [2.75, 3.05) is 26.2 Å². The Morgan fingerprint density at radius 2 is 1.15 bits per heavy atom. The summed E-state index contributed by atoms with van der Waals surface area (Å²) in [4.78, 5) is 35.2. The normalized spacial score (nSPS) is 15.3. The third kappa shape index (κ3) is 9.88. The molecule has 2 aliphatic heterocycles. The van der Waals surface area contributed by atoms with Crippen LogP contribution in [-0.4, -0.2) is 58.0 Å². The molecule has 6 heterocycles. The average Bonchev–Trinajstić information content (AvgIpc) is 3.52. The van der Waals surface area contributed by atoms with E-state index in [1.165, 1.54) is 63.0 Å². The van der Waals surface area contributed by atoms with Crippen molar-refractivity contribution >= 4 is 34.6 Å². The summed E-state index contributed by atoms with van der Waals surface area (Å²) in [5.74, 6) is -0.704. The third-order valence-electron chi connectivity index (χ3n) is 6.97. The van der Waals surface area contributed by atoms with Gasteiger partial charge in [-0.15, -0.1) is 22.7 Å². The molecular weight excluding hydrogens is 553 g/mol. The van der Waals surface area contributed by atoms with E-state index in [2.05, 4.69) is 15.3 Å². The second-order valence-electron chi connectivity index (χ2n) is 10.0. The first-order valence-electron chi connectivity index (χ1n) is 14.3. The highest BCUT2D eigenvalue weighted by atomic mass is 32.1. The van der Waals surface area contributed by atoms with Gasteiger partial charge in [-0.2, -0.15) is 0 Å². The molecule has 0 saturated carbocycles. The molecule has 2 N–H and O–H groups in total. The number of likely N-dealkylation sites (tertiary alicyclic amines) is 1. The van der Waals surface area contributed by atoms with Crippen molar-refractivity contribution in [1.82, 2.24) is 20.2 Å². The van der Waals surface area contributed by atoms with Gasteiger partial charge < -0.3 is 15.3 Å². The highest BCUT2D eigenvalue weighted by molar-refractivity contribution is 7.14. The Labute approximate surface area is 250 Å². The van der Waals surface area contributed by atoms with Gasteiger partial charge in [0.15, 0.2) is 0 Å². The minimum atomic E-state index is -0.887. The number of amides is 1. The molecule has 9 heteroatoms. The van der Waals surface area contributed by atoms with Crippen LogP contribution < -0.4 is 5.32 Å². The molecule has 0 atom stereocenters. The lowest BCUT2D eigenvalue weighted by Crippen LogP contribution is -2.31. The number of thiophene rings is 2. The molecule has 7 nitrogen and oxygen atoms in total. The van der Waals surface area contributed by atoms with E-state index in [4.69, 9.17) is 5.11 Å². The number of hydrogen-bond donors (Lipinski definition) is 2. The zero-order chi connectivity index (χ0) is 28.7. The first-order chi connectivity index (χ1) is 20.1. The van der Waals surface area contributed by atoms with Crippen LogP contribution in [0.1, 0.15) is 72.1 Å². The number of carbonyl (C=O) groups excluding carboxylic acids is 1. The minimum absolute atomic E-state index is 0.184. The first-order valence-corrected chi connectivity index (χ1v) is 16.1. The quantitative estimate of drug-likeness (QED) is 0.256. The molecule has 41 heavy (non-hydrogen) atoms. The highest BCUT2D eigenvalue weighted by Gasteiger charge is 2.18. The molecule has 0 aromatic carbocycles. The number of aromatic nitrogens is 2. The van der Waals surface area contributed by atoms with E-state index in [0.717, 1.165) is 52.4 Å². The van der Waals surface area contributed by atoms with Gasteiger partial charge in [-0.05, 0) is 86.3 Å². The summed E-state index contributed by atoms with van der Waals surface area (Å²) in [5, 5.41) is 15.7. The van der Waals surface area contributed by atoms with Gasteiger partial charge in [-0.1, -0.05) is 25.7 Å². The standard InChI is InChI=1S/C16H18N2OS.C10H7NO2S.C6H13N/c19-16(18-9-3-1-2-4-10-18)14-11-15(20-12-14)13-5-7-17-8-6-13;12-10(13)8-5-9(14-6-8)7-1-3-11-4-2-7;1-2-4-6-7-5-3-1/h5-8,11-12H,1-4,9-10H2;1-6H,(H,12,13);7H,1-6H2. The van der Waals surface area contributed by atoms with Crippen LogP contribution >= 0.6 is 22.7 Å². The molecule has 0 aliphatic carbocycles. The van der Waals surface area contributed by atoms with Crippen LogP contribution in [0, 0.1) is 0 Å². The Balaban J connectivity index is 0.000000159. The van der Waals surface area contributed by atoms with Gasteiger partial charge in [0.2, 0.25) is 0 Å². The molecule has 4 aromatic rings. The summed E-state index contributed by atoms with van der Waals surface area (Å²) in [7, 11) is 0. The van der Waals surface area contributed by atoms with Crippen LogP contribution in [0.25, 0.3) is 20.9 Å². The largest absolute Gasteiger partial charge is 0.478 e. The lowest BCUT2D eigenvalue weighted by Gasteiger charge is -2.19. The molecule has 4 aromatic heterocycles. The Morgan fingerprint density at radius 1 is 0.683 bits per heavy atom. The van der Waals surface area contributed by atoms with Gasteiger partial charge in [0.05, 0.1) is 11.1 Å². The fourth-order valence-electron chi connectivity index (χ4n) is 4.67. The van der Waals surface area contributed by atoms with Gasteiger partial charge in [-0.3, -0.25) is 14.8 Å². The van der Waals surface area contributed by atoms with E-state index in [-0.39, 0.29) is 5.91 Å². The maximum Gasteiger partial charge on any atom is 0.336 e. The fourth-order valence-corrected chi connectivity index (χ4v) is 6.45. The number of carboxylic acids is 1. The maximum atomic E-state index is 12.5. The molecule has 2 saturated heterocycles. The Kier molecular flexibility index (Phi) is 12.5. The summed E-state index contributed by atoms with van der Waals surface area (Å²) in [6.45, 7) is 4.30. The first kappa shape index (κ1) is 30.6. The van der Waals surface area contributed by atoms with E-state index in [1.54, 1.807) is 47.6 Å². The van der Waals surface area contributed by atoms with Gasteiger partial charge in [0.25, 0.3) is 5.91 Å². The molecule has 2 aliphatic rings. The lowest BCUT2D eigenvalue weighted by atomic mass is 10.2. The number of nitrogens with zero attached hydrogens (tertiary/aromatic N) is 3. The van der Waals surface area contributed by atoms with Crippen LogP contribution in [0.3, 0.4) is 0 Å². The Bertz CT molecular complexity index is 1310. The third-order valence-corrected chi connectivity index (χ3v) is 8.93. The van der Waals surface area contributed by atoms with Crippen molar-refractivity contribution in [1.29, 1.82) is 0 Å². The number of carboxylic acid groups (broad SMARTS) is 1. The number of hydrogen-bond acceptors (Lipinski definition) is 7. The van der Waals surface area contributed by atoms with Gasteiger partial charge >= 0.3 is 5.97 Å². The SMILES string of the molecule is C1CCCNCC1.O=C(O)c1csc(-c2ccncc2)c1.O=C(c1csc(-c2ccncc2)c1)N1CCCCCC1. The summed E-state index contributed by atoms with van der Waals surface area (Å²) >= 11 is 3.05. The van der Waals surface area contributed by atoms with Crippen LogP contribution in [0.5, 0.6) is 0 Å².